The molecule has 0 aromatic heterocycles. The van der Waals surface area contributed by atoms with E-state index in [4.69, 9.17) is 4.74 Å². The number of carbonyl (C=O) groups excluding carboxylic acids is 1. The van der Waals surface area contributed by atoms with E-state index >= 15 is 0 Å². The van der Waals surface area contributed by atoms with Crippen molar-refractivity contribution in [3.63, 3.8) is 0 Å². The molecule has 0 atom stereocenters. The normalized spacial score (nSPS) is 10.2. The van der Waals surface area contributed by atoms with Crippen LogP contribution in [0.2, 0.25) is 0 Å². The smallest absolute Gasteiger partial charge is 0.338 e. The van der Waals surface area contributed by atoms with Crippen LogP contribution in [0.5, 0.6) is 5.75 Å². The molecule has 3 nitrogen and oxygen atoms in total. The van der Waals surface area contributed by atoms with Gasteiger partial charge in [0.15, 0.2) is 0 Å². The average molecular weight is 321 g/mol. The van der Waals surface area contributed by atoms with Crippen LogP contribution in [0.15, 0.2) is 46.9 Å². The van der Waals surface area contributed by atoms with Gasteiger partial charge in [0.1, 0.15) is 5.75 Å². The van der Waals surface area contributed by atoms with Crippen LogP contribution in [-0.4, -0.2) is 17.7 Å². The minimum Gasteiger partial charge on any atom is -0.507 e. The first-order chi connectivity index (χ1) is 9.11. The molecule has 2 aromatic rings. The standard InChI is InChI=1S/C15H13BrO3/c1-2-19-15(18)11-5-3-10(4-6-11)12-7-8-14(17)13(16)9-12/h3-9,17H,2H2,1H3. The summed E-state index contributed by atoms with van der Waals surface area (Å²) < 4.78 is 5.57. The molecular formula is C15H13BrO3. The molecule has 0 aliphatic carbocycles. The van der Waals surface area contributed by atoms with Crippen LogP contribution in [0, 0.1) is 0 Å². The second kappa shape index (κ2) is 5.89. The van der Waals surface area contributed by atoms with E-state index in [1.54, 1.807) is 25.1 Å². The zero-order valence-corrected chi connectivity index (χ0v) is 12.0. The fourth-order valence-electron chi connectivity index (χ4n) is 1.70. The van der Waals surface area contributed by atoms with Crippen molar-refractivity contribution in [1.82, 2.24) is 0 Å². The maximum atomic E-state index is 11.5. The van der Waals surface area contributed by atoms with Gasteiger partial charge in [-0.15, -0.1) is 0 Å². The van der Waals surface area contributed by atoms with Crippen molar-refractivity contribution in [2.24, 2.45) is 0 Å². The summed E-state index contributed by atoms with van der Waals surface area (Å²) in [6, 6.07) is 12.4. The quantitative estimate of drug-likeness (QED) is 0.869. The third-order valence-electron chi connectivity index (χ3n) is 2.68. The van der Waals surface area contributed by atoms with Gasteiger partial charge >= 0.3 is 5.97 Å². The highest BCUT2D eigenvalue weighted by Crippen LogP contribution is 2.29. The zero-order valence-electron chi connectivity index (χ0n) is 10.4. The van der Waals surface area contributed by atoms with Crippen LogP contribution < -0.4 is 0 Å². The first kappa shape index (κ1) is 13.6. The molecule has 0 saturated carbocycles. The summed E-state index contributed by atoms with van der Waals surface area (Å²) in [6.07, 6.45) is 0. The zero-order chi connectivity index (χ0) is 13.8. The van der Waals surface area contributed by atoms with Gasteiger partial charge in [0.25, 0.3) is 0 Å². The van der Waals surface area contributed by atoms with Gasteiger partial charge in [-0.1, -0.05) is 18.2 Å². The van der Waals surface area contributed by atoms with Gasteiger partial charge in [-0.25, -0.2) is 4.79 Å². The summed E-state index contributed by atoms with van der Waals surface area (Å²) in [5.41, 5.74) is 2.46. The maximum absolute atomic E-state index is 11.5. The molecule has 19 heavy (non-hydrogen) atoms. The monoisotopic (exact) mass is 320 g/mol. The molecule has 0 aliphatic heterocycles. The Balaban J connectivity index is 2.27. The lowest BCUT2D eigenvalue weighted by Gasteiger charge is -2.05. The van der Waals surface area contributed by atoms with E-state index in [0.717, 1.165) is 11.1 Å². The van der Waals surface area contributed by atoms with Crippen molar-refractivity contribution in [3.05, 3.63) is 52.5 Å². The Morgan fingerprint density at radius 3 is 2.37 bits per heavy atom. The molecule has 0 spiro atoms. The molecule has 2 aromatic carbocycles. The predicted molar refractivity (Wildman–Crippen MR) is 77.2 cm³/mol. The largest absolute Gasteiger partial charge is 0.507 e. The van der Waals surface area contributed by atoms with Gasteiger partial charge in [-0.05, 0) is 58.2 Å². The van der Waals surface area contributed by atoms with Crippen molar-refractivity contribution in [3.8, 4) is 16.9 Å². The van der Waals surface area contributed by atoms with Gasteiger partial charge in [-0.2, -0.15) is 0 Å². The Hall–Kier alpha value is -1.81. The third-order valence-corrected chi connectivity index (χ3v) is 3.31. The Morgan fingerprint density at radius 1 is 1.16 bits per heavy atom. The molecule has 1 N–H and O–H groups in total. The molecule has 2 rings (SSSR count). The Bertz CT molecular complexity index is 591. The lowest BCUT2D eigenvalue weighted by molar-refractivity contribution is 0.0526. The summed E-state index contributed by atoms with van der Waals surface area (Å²) in [5, 5.41) is 9.46. The van der Waals surface area contributed by atoms with Crippen LogP contribution in [0.3, 0.4) is 0 Å². The lowest BCUT2D eigenvalue weighted by atomic mass is 10.0. The van der Waals surface area contributed by atoms with Crippen LogP contribution in [0.4, 0.5) is 0 Å². The van der Waals surface area contributed by atoms with Gasteiger partial charge < -0.3 is 9.84 Å². The number of phenolic OH excluding ortho intramolecular Hbond substituents is 1. The summed E-state index contributed by atoms with van der Waals surface area (Å²) in [6.45, 7) is 2.14. The summed E-state index contributed by atoms with van der Waals surface area (Å²) >= 11 is 3.28. The molecule has 0 amide bonds. The Labute approximate surface area is 120 Å². The minimum atomic E-state index is -0.319. The first-order valence-corrected chi connectivity index (χ1v) is 6.67. The van der Waals surface area contributed by atoms with E-state index in [1.165, 1.54) is 0 Å². The minimum absolute atomic E-state index is 0.201. The first-order valence-electron chi connectivity index (χ1n) is 5.88. The Kier molecular flexibility index (Phi) is 4.22. The highest BCUT2D eigenvalue weighted by atomic mass is 79.9. The molecule has 0 unspecified atom stereocenters. The second-order valence-corrected chi connectivity index (χ2v) is 4.82. The van der Waals surface area contributed by atoms with Crippen LogP contribution in [-0.2, 0) is 4.74 Å². The number of benzene rings is 2. The van der Waals surface area contributed by atoms with Gasteiger partial charge in [0.2, 0.25) is 0 Å². The Morgan fingerprint density at radius 2 is 1.79 bits per heavy atom. The number of hydrogen-bond donors (Lipinski definition) is 1. The maximum Gasteiger partial charge on any atom is 0.338 e. The molecule has 0 saturated heterocycles. The summed E-state index contributed by atoms with van der Waals surface area (Å²) in [7, 11) is 0. The van der Waals surface area contributed by atoms with E-state index in [1.807, 2.05) is 24.3 Å². The lowest BCUT2D eigenvalue weighted by Crippen LogP contribution is -2.03. The number of halogens is 1. The van der Waals surface area contributed by atoms with Crippen LogP contribution in [0.25, 0.3) is 11.1 Å². The summed E-state index contributed by atoms with van der Waals surface area (Å²) in [5.74, 6) is -0.118. The average Bonchev–Trinajstić information content (AvgIpc) is 2.42. The van der Waals surface area contributed by atoms with E-state index in [-0.39, 0.29) is 11.7 Å². The highest BCUT2D eigenvalue weighted by Gasteiger charge is 2.07. The highest BCUT2D eigenvalue weighted by molar-refractivity contribution is 9.10. The molecule has 0 radical (unpaired) electrons. The number of esters is 1. The van der Waals surface area contributed by atoms with Gasteiger partial charge in [-0.3, -0.25) is 0 Å². The van der Waals surface area contributed by atoms with Crippen molar-refractivity contribution < 1.29 is 14.6 Å². The molecule has 0 fully saturated rings. The SMILES string of the molecule is CCOC(=O)c1ccc(-c2ccc(O)c(Br)c2)cc1. The van der Waals surface area contributed by atoms with Crippen molar-refractivity contribution in [2.75, 3.05) is 6.61 Å². The number of hydrogen-bond acceptors (Lipinski definition) is 3. The van der Waals surface area contributed by atoms with E-state index < -0.39 is 0 Å². The molecule has 0 bridgehead atoms. The molecule has 0 aliphatic rings. The van der Waals surface area contributed by atoms with E-state index in [9.17, 15) is 9.90 Å². The molecule has 4 heteroatoms. The fourth-order valence-corrected chi connectivity index (χ4v) is 2.08. The molecule has 0 heterocycles. The fraction of sp³-hybridized carbons (Fsp3) is 0.133. The predicted octanol–water partition coefficient (Wildman–Crippen LogP) is 4.00. The van der Waals surface area contributed by atoms with Gasteiger partial charge in [0.05, 0.1) is 16.6 Å². The number of carbonyl (C=O) groups is 1. The van der Waals surface area contributed by atoms with Crippen molar-refractivity contribution in [1.29, 1.82) is 0 Å². The number of ether oxygens (including phenoxy) is 1. The topological polar surface area (TPSA) is 46.5 Å². The van der Waals surface area contributed by atoms with Crippen molar-refractivity contribution in [2.45, 2.75) is 6.92 Å². The summed E-state index contributed by atoms with van der Waals surface area (Å²) in [4.78, 5) is 11.5. The number of phenols is 1. The van der Waals surface area contributed by atoms with E-state index in [0.29, 0.717) is 16.6 Å². The van der Waals surface area contributed by atoms with E-state index in [2.05, 4.69) is 15.9 Å². The van der Waals surface area contributed by atoms with Crippen LogP contribution in [0.1, 0.15) is 17.3 Å². The van der Waals surface area contributed by atoms with Crippen molar-refractivity contribution >= 4 is 21.9 Å². The number of rotatable bonds is 3. The molecular weight excluding hydrogens is 308 g/mol. The number of aromatic hydroxyl groups is 1. The third kappa shape index (κ3) is 3.15. The van der Waals surface area contributed by atoms with Gasteiger partial charge in [0, 0.05) is 0 Å². The molecule has 98 valence electrons. The second-order valence-electron chi connectivity index (χ2n) is 3.96. The van der Waals surface area contributed by atoms with Crippen LogP contribution >= 0.6 is 15.9 Å².